The Hall–Kier alpha value is -1.84. The average molecular weight is 235 g/mol. The van der Waals surface area contributed by atoms with Crippen LogP contribution in [0.15, 0.2) is 12.1 Å². The number of ether oxygens (including phenoxy) is 1. The molecule has 0 spiro atoms. The van der Waals surface area contributed by atoms with Crippen LogP contribution in [-0.4, -0.2) is 18.8 Å². The standard InChI is InChI=1S/C13H17NO3/c1-8-6-12(17-4)9(2)5-11(8)7-14-13(16)10(3)15/h5-6H,7H2,1-4H3,(H,14,16). The molecule has 1 aromatic rings. The van der Waals surface area contributed by atoms with Gasteiger partial charge in [0.25, 0.3) is 5.91 Å². The Morgan fingerprint density at radius 2 is 1.88 bits per heavy atom. The highest BCUT2D eigenvalue weighted by atomic mass is 16.5. The summed E-state index contributed by atoms with van der Waals surface area (Å²) < 4.78 is 5.20. The number of ketones is 1. The summed E-state index contributed by atoms with van der Waals surface area (Å²) in [5.41, 5.74) is 3.01. The highest BCUT2D eigenvalue weighted by Gasteiger charge is 2.09. The zero-order valence-corrected chi connectivity index (χ0v) is 10.6. The molecule has 1 aromatic carbocycles. The molecule has 0 radical (unpaired) electrons. The van der Waals surface area contributed by atoms with Crippen molar-refractivity contribution in [3.05, 3.63) is 28.8 Å². The van der Waals surface area contributed by atoms with Crippen LogP contribution in [0.5, 0.6) is 5.75 Å². The topological polar surface area (TPSA) is 55.4 Å². The van der Waals surface area contributed by atoms with Crippen LogP contribution in [0.25, 0.3) is 0 Å². The van der Waals surface area contributed by atoms with Gasteiger partial charge >= 0.3 is 0 Å². The summed E-state index contributed by atoms with van der Waals surface area (Å²) >= 11 is 0. The highest BCUT2D eigenvalue weighted by Crippen LogP contribution is 2.22. The molecular weight excluding hydrogens is 218 g/mol. The summed E-state index contributed by atoms with van der Waals surface area (Å²) in [5, 5.41) is 2.57. The Labute approximate surface area is 101 Å². The highest BCUT2D eigenvalue weighted by molar-refractivity contribution is 6.35. The molecule has 0 fully saturated rings. The van der Waals surface area contributed by atoms with Crippen molar-refractivity contribution in [1.29, 1.82) is 0 Å². The second-order valence-electron chi connectivity index (χ2n) is 3.99. The lowest BCUT2D eigenvalue weighted by Gasteiger charge is -2.11. The molecule has 0 saturated carbocycles. The predicted molar refractivity (Wildman–Crippen MR) is 65.0 cm³/mol. The predicted octanol–water partition coefficient (Wildman–Crippen LogP) is 1.52. The zero-order chi connectivity index (χ0) is 13.0. The maximum absolute atomic E-state index is 11.2. The van der Waals surface area contributed by atoms with E-state index in [4.69, 9.17) is 4.74 Å². The van der Waals surface area contributed by atoms with Gasteiger partial charge in [0.2, 0.25) is 5.78 Å². The molecule has 0 bridgehead atoms. The maximum Gasteiger partial charge on any atom is 0.287 e. The number of hydrogen-bond donors (Lipinski definition) is 1. The Morgan fingerprint density at radius 1 is 1.24 bits per heavy atom. The van der Waals surface area contributed by atoms with Crippen molar-refractivity contribution in [3.8, 4) is 5.75 Å². The van der Waals surface area contributed by atoms with Crippen LogP contribution in [0.1, 0.15) is 23.6 Å². The Balaban J connectivity index is 2.82. The third-order valence-corrected chi connectivity index (χ3v) is 2.61. The van der Waals surface area contributed by atoms with Crippen LogP contribution in [-0.2, 0) is 16.1 Å². The molecule has 17 heavy (non-hydrogen) atoms. The van der Waals surface area contributed by atoms with E-state index in [2.05, 4.69) is 5.32 Å². The number of aryl methyl sites for hydroxylation is 2. The van der Waals surface area contributed by atoms with Gasteiger partial charge in [0.05, 0.1) is 7.11 Å². The normalized spacial score (nSPS) is 9.88. The van der Waals surface area contributed by atoms with Crippen molar-refractivity contribution >= 4 is 11.7 Å². The van der Waals surface area contributed by atoms with Crippen LogP contribution in [0.3, 0.4) is 0 Å². The molecule has 0 unspecified atom stereocenters. The van der Waals surface area contributed by atoms with Crippen LogP contribution in [0.2, 0.25) is 0 Å². The summed E-state index contributed by atoms with van der Waals surface area (Å²) in [7, 11) is 1.62. The summed E-state index contributed by atoms with van der Waals surface area (Å²) in [5.74, 6) is -0.213. The molecule has 4 nitrogen and oxygen atoms in total. The number of rotatable bonds is 4. The fourth-order valence-corrected chi connectivity index (χ4v) is 1.56. The summed E-state index contributed by atoms with van der Waals surface area (Å²) in [6.07, 6.45) is 0. The Bertz CT molecular complexity index is 452. The molecule has 0 saturated heterocycles. The van der Waals surface area contributed by atoms with Crippen molar-refractivity contribution in [1.82, 2.24) is 5.32 Å². The van der Waals surface area contributed by atoms with E-state index < -0.39 is 11.7 Å². The molecule has 0 heterocycles. The minimum absolute atomic E-state index is 0.356. The number of methoxy groups -OCH3 is 1. The van der Waals surface area contributed by atoms with Gasteiger partial charge in [-0.15, -0.1) is 0 Å². The quantitative estimate of drug-likeness (QED) is 0.805. The minimum atomic E-state index is -0.558. The second-order valence-corrected chi connectivity index (χ2v) is 3.99. The minimum Gasteiger partial charge on any atom is -0.496 e. The van der Waals surface area contributed by atoms with Gasteiger partial charge in [-0.25, -0.2) is 0 Å². The van der Waals surface area contributed by atoms with Gasteiger partial charge in [-0.1, -0.05) is 6.07 Å². The van der Waals surface area contributed by atoms with Crippen molar-refractivity contribution < 1.29 is 14.3 Å². The number of Topliss-reactive ketones (excluding diaryl/α,β-unsaturated/α-hetero) is 1. The molecule has 0 aromatic heterocycles. The molecule has 0 aliphatic rings. The van der Waals surface area contributed by atoms with Crippen molar-refractivity contribution in [2.24, 2.45) is 0 Å². The third-order valence-electron chi connectivity index (χ3n) is 2.61. The molecule has 0 atom stereocenters. The number of hydrogen-bond acceptors (Lipinski definition) is 3. The number of benzene rings is 1. The molecule has 1 rings (SSSR count). The van der Waals surface area contributed by atoms with Crippen molar-refractivity contribution in [2.75, 3.05) is 7.11 Å². The summed E-state index contributed by atoms with van der Waals surface area (Å²) in [4.78, 5) is 21.9. The lowest BCUT2D eigenvalue weighted by atomic mass is 10.0. The molecule has 1 N–H and O–H groups in total. The van der Waals surface area contributed by atoms with Crippen LogP contribution in [0, 0.1) is 13.8 Å². The van der Waals surface area contributed by atoms with Crippen LogP contribution in [0.4, 0.5) is 0 Å². The van der Waals surface area contributed by atoms with E-state index in [1.165, 1.54) is 6.92 Å². The Kier molecular flexibility index (Phi) is 4.26. The maximum atomic E-state index is 11.2. The monoisotopic (exact) mass is 235 g/mol. The molecule has 0 aliphatic carbocycles. The number of nitrogens with one attached hydrogen (secondary N) is 1. The first-order chi connectivity index (χ1) is 7.95. The van der Waals surface area contributed by atoms with Gasteiger partial charge in [-0.2, -0.15) is 0 Å². The Morgan fingerprint density at radius 3 is 2.41 bits per heavy atom. The van der Waals surface area contributed by atoms with Crippen LogP contribution >= 0.6 is 0 Å². The molecule has 4 heteroatoms. The lowest BCUT2D eigenvalue weighted by molar-refractivity contribution is -0.136. The smallest absolute Gasteiger partial charge is 0.287 e. The molecule has 1 amide bonds. The second kappa shape index (κ2) is 5.48. The fraction of sp³-hybridized carbons (Fsp3) is 0.385. The number of carbonyl (C=O) groups excluding carboxylic acids is 2. The largest absolute Gasteiger partial charge is 0.496 e. The third kappa shape index (κ3) is 3.31. The molecular formula is C13H17NO3. The SMILES string of the molecule is COc1cc(C)c(CNC(=O)C(C)=O)cc1C. The van der Waals surface area contributed by atoms with Crippen LogP contribution < -0.4 is 10.1 Å². The first-order valence-corrected chi connectivity index (χ1v) is 5.38. The fourth-order valence-electron chi connectivity index (χ4n) is 1.56. The average Bonchev–Trinajstić information content (AvgIpc) is 2.29. The van der Waals surface area contributed by atoms with E-state index in [0.29, 0.717) is 6.54 Å². The summed E-state index contributed by atoms with van der Waals surface area (Å²) in [6.45, 7) is 5.49. The summed E-state index contributed by atoms with van der Waals surface area (Å²) in [6, 6.07) is 3.87. The van der Waals surface area contributed by atoms with E-state index in [0.717, 1.165) is 22.4 Å². The van der Waals surface area contributed by atoms with Gasteiger partial charge in [0.1, 0.15) is 5.75 Å². The van der Waals surface area contributed by atoms with Crippen molar-refractivity contribution in [3.63, 3.8) is 0 Å². The number of amides is 1. The van der Waals surface area contributed by atoms with Gasteiger partial charge in [0, 0.05) is 13.5 Å². The molecule has 92 valence electrons. The van der Waals surface area contributed by atoms with E-state index in [1.807, 2.05) is 26.0 Å². The van der Waals surface area contributed by atoms with E-state index in [9.17, 15) is 9.59 Å². The van der Waals surface area contributed by atoms with E-state index in [-0.39, 0.29) is 0 Å². The number of carbonyl (C=O) groups is 2. The van der Waals surface area contributed by atoms with Gasteiger partial charge in [-0.05, 0) is 36.6 Å². The first-order valence-electron chi connectivity index (χ1n) is 5.38. The van der Waals surface area contributed by atoms with E-state index in [1.54, 1.807) is 7.11 Å². The van der Waals surface area contributed by atoms with Crippen molar-refractivity contribution in [2.45, 2.75) is 27.3 Å². The van der Waals surface area contributed by atoms with E-state index >= 15 is 0 Å². The lowest BCUT2D eigenvalue weighted by Crippen LogP contribution is -2.28. The van der Waals surface area contributed by atoms with Gasteiger partial charge < -0.3 is 10.1 Å². The molecule has 0 aliphatic heterocycles. The van der Waals surface area contributed by atoms with Gasteiger partial charge in [0.15, 0.2) is 0 Å². The first kappa shape index (κ1) is 13.2. The zero-order valence-electron chi connectivity index (χ0n) is 10.6. The van der Waals surface area contributed by atoms with Gasteiger partial charge in [-0.3, -0.25) is 9.59 Å².